The van der Waals surface area contributed by atoms with E-state index in [0.717, 1.165) is 0 Å². The molecule has 0 saturated carbocycles. The molecule has 20 heavy (non-hydrogen) atoms. The van der Waals surface area contributed by atoms with Crippen LogP contribution in [0.4, 0.5) is 5.69 Å². The lowest BCUT2D eigenvalue weighted by atomic mass is 10.2. The van der Waals surface area contributed by atoms with Crippen molar-refractivity contribution < 1.29 is 13.2 Å². The van der Waals surface area contributed by atoms with Crippen LogP contribution in [-0.2, 0) is 14.8 Å². The molecule has 1 atom stereocenters. The lowest BCUT2D eigenvalue weighted by Gasteiger charge is -2.14. The monoisotopic (exact) mass is 294 g/mol. The summed E-state index contributed by atoms with van der Waals surface area (Å²) < 4.78 is 24.4. The van der Waals surface area contributed by atoms with E-state index >= 15 is 0 Å². The molecule has 0 aliphatic heterocycles. The minimum absolute atomic E-state index is 0.124. The predicted octanol–water partition coefficient (Wildman–Crippen LogP) is 0.730. The van der Waals surface area contributed by atoms with E-state index in [2.05, 4.69) is 10.4 Å². The Morgan fingerprint density at radius 3 is 2.65 bits per heavy atom. The fraction of sp³-hybridized carbons (Fsp3) is 0.167. The highest BCUT2D eigenvalue weighted by molar-refractivity contribution is 7.89. The van der Waals surface area contributed by atoms with Gasteiger partial charge in [0.25, 0.3) is 0 Å². The molecule has 1 heterocycles. The number of primary sulfonamides is 1. The third-order valence-corrected chi connectivity index (χ3v) is 3.72. The van der Waals surface area contributed by atoms with Crippen LogP contribution in [0.5, 0.6) is 0 Å². The first-order valence-corrected chi connectivity index (χ1v) is 7.36. The maximum atomic E-state index is 12.1. The van der Waals surface area contributed by atoms with Gasteiger partial charge in [0.1, 0.15) is 10.9 Å². The number of benzene rings is 1. The molecule has 0 saturated heterocycles. The summed E-state index contributed by atoms with van der Waals surface area (Å²) in [7, 11) is -3.90. The number of nitrogens with two attached hydrogens (primary N) is 1. The van der Waals surface area contributed by atoms with E-state index < -0.39 is 16.1 Å². The van der Waals surface area contributed by atoms with Crippen molar-refractivity contribution in [1.29, 1.82) is 0 Å². The van der Waals surface area contributed by atoms with Gasteiger partial charge in [0.2, 0.25) is 15.9 Å². The van der Waals surface area contributed by atoms with Gasteiger partial charge in [-0.1, -0.05) is 12.1 Å². The van der Waals surface area contributed by atoms with E-state index in [0.29, 0.717) is 0 Å². The summed E-state index contributed by atoms with van der Waals surface area (Å²) in [6.45, 7) is 1.65. The molecular weight excluding hydrogens is 280 g/mol. The van der Waals surface area contributed by atoms with Gasteiger partial charge in [0, 0.05) is 12.4 Å². The van der Waals surface area contributed by atoms with Crippen LogP contribution in [0.1, 0.15) is 13.0 Å². The molecule has 8 heteroatoms. The van der Waals surface area contributed by atoms with Gasteiger partial charge in [-0.3, -0.25) is 9.48 Å². The molecule has 0 fully saturated rings. The first-order valence-electron chi connectivity index (χ1n) is 5.81. The quantitative estimate of drug-likeness (QED) is 0.866. The standard InChI is InChI=1S/C12H14N4O3S/c1-9(16-8-4-7-14-16)12(17)15-10-5-2-3-6-11(10)20(13,18)19/h2-9H,1H3,(H,15,17)(H2,13,18,19). The number of para-hydroxylation sites is 1. The number of carbonyl (C=O) groups is 1. The second kappa shape index (κ2) is 5.43. The second-order valence-electron chi connectivity index (χ2n) is 4.19. The smallest absolute Gasteiger partial charge is 0.248 e. The van der Waals surface area contributed by atoms with Crippen LogP contribution >= 0.6 is 0 Å². The van der Waals surface area contributed by atoms with E-state index in [9.17, 15) is 13.2 Å². The van der Waals surface area contributed by atoms with Crippen LogP contribution in [0.3, 0.4) is 0 Å². The highest BCUT2D eigenvalue weighted by atomic mass is 32.2. The third-order valence-electron chi connectivity index (χ3n) is 2.75. The minimum atomic E-state index is -3.90. The molecule has 0 aliphatic rings. The van der Waals surface area contributed by atoms with Gasteiger partial charge in [0.05, 0.1) is 5.69 Å². The molecule has 106 valence electrons. The first-order chi connectivity index (χ1) is 9.39. The number of carbonyl (C=O) groups excluding carboxylic acids is 1. The maximum Gasteiger partial charge on any atom is 0.248 e. The molecule has 0 bridgehead atoms. The molecular formula is C12H14N4O3S. The van der Waals surface area contributed by atoms with Crippen molar-refractivity contribution in [2.24, 2.45) is 5.14 Å². The first kappa shape index (κ1) is 14.2. The average molecular weight is 294 g/mol. The summed E-state index contributed by atoms with van der Waals surface area (Å²) in [4.78, 5) is 12.0. The molecule has 7 nitrogen and oxygen atoms in total. The Kier molecular flexibility index (Phi) is 3.86. The molecule has 0 spiro atoms. The summed E-state index contributed by atoms with van der Waals surface area (Å²) in [5.41, 5.74) is 0.152. The SMILES string of the molecule is CC(C(=O)Nc1ccccc1S(N)(=O)=O)n1cccn1. The number of hydrogen-bond acceptors (Lipinski definition) is 4. The van der Waals surface area contributed by atoms with Gasteiger partial charge < -0.3 is 5.32 Å². The fourth-order valence-electron chi connectivity index (χ4n) is 1.69. The lowest BCUT2D eigenvalue weighted by molar-refractivity contribution is -0.119. The third kappa shape index (κ3) is 3.03. The summed E-state index contributed by atoms with van der Waals surface area (Å²) in [5.74, 6) is -0.384. The van der Waals surface area contributed by atoms with E-state index in [4.69, 9.17) is 5.14 Å². The number of hydrogen-bond donors (Lipinski definition) is 2. The van der Waals surface area contributed by atoms with Crippen molar-refractivity contribution in [3.63, 3.8) is 0 Å². The number of anilines is 1. The number of nitrogens with zero attached hydrogens (tertiary/aromatic N) is 2. The van der Waals surface area contributed by atoms with Crippen LogP contribution in [0.25, 0.3) is 0 Å². The molecule has 1 aromatic heterocycles. The zero-order chi connectivity index (χ0) is 14.8. The normalized spacial score (nSPS) is 12.9. The minimum Gasteiger partial charge on any atom is -0.323 e. The Morgan fingerprint density at radius 1 is 1.35 bits per heavy atom. The van der Waals surface area contributed by atoms with Crippen LogP contribution < -0.4 is 10.5 Å². The summed E-state index contributed by atoms with van der Waals surface area (Å²) in [6.07, 6.45) is 3.21. The number of aromatic nitrogens is 2. The van der Waals surface area contributed by atoms with Crippen LogP contribution in [-0.4, -0.2) is 24.1 Å². The molecule has 1 amide bonds. The highest BCUT2D eigenvalue weighted by Crippen LogP contribution is 2.20. The topological polar surface area (TPSA) is 107 Å². The number of sulfonamides is 1. The van der Waals surface area contributed by atoms with Gasteiger partial charge >= 0.3 is 0 Å². The van der Waals surface area contributed by atoms with E-state index in [1.807, 2.05) is 0 Å². The van der Waals surface area contributed by atoms with Crippen molar-refractivity contribution >= 4 is 21.6 Å². The van der Waals surface area contributed by atoms with Crippen molar-refractivity contribution in [2.45, 2.75) is 17.9 Å². The zero-order valence-electron chi connectivity index (χ0n) is 10.7. The molecule has 2 rings (SSSR count). The Hall–Kier alpha value is -2.19. The zero-order valence-corrected chi connectivity index (χ0v) is 11.5. The number of rotatable bonds is 4. The summed E-state index contributed by atoms with van der Waals surface area (Å²) in [5, 5.41) is 11.6. The van der Waals surface area contributed by atoms with Crippen LogP contribution in [0, 0.1) is 0 Å². The van der Waals surface area contributed by atoms with Gasteiger partial charge in [-0.2, -0.15) is 5.10 Å². The predicted molar refractivity (Wildman–Crippen MR) is 73.4 cm³/mol. The molecule has 1 aromatic carbocycles. The van der Waals surface area contributed by atoms with Gasteiger partial charge in [0.15, 0.2) is 0 Å². The van der Waals surface area contributed by atoms with Gasteiger partial charge in [-0.05, 0) is 25.1 Å². The Balaban J connectivity index is 2.25. The van der Waals surface area contributed by atoms with Crippen LogP contribution in [0.15, 0.2) is 47.6 Å². The van der Waals surface area contributed by atoms with Crippen molar-refractivity contribution in [2.75, 3.05) is 5.32 Å². The maximum absolute atomic E-state index is 12.1. The van der Waals surface area contributed by atoms with Gasteiger partial charge in [-0.15, -0.1) is 0 Å². The number of nitrogens with one attached hydrogen (secondary N) is 1. The molecule has 0 radical (unpaired) electrons. The van der Waals surface area contributed by atoms with Crippen molar-refractivity contribution in [1.82, 2.24) is 9.78 Å². The fourth-order valence-corrected chi connectivity index (χ4v) is 2.38. The molecule has 2 aromatic rings. The molecule has 3 N–H and O–H groups in total. The van der Waals surface area contributed by atoms with Crippen LogP contribution in [0.2, 0.25) is 0 Å². The Labute approximate surface area is 116 Å². The van der Waals surface area contributed by atoms with E-state index in [1.54, 1.807) is 31.5 Å². The lowest BCUT2D eigenvalue weighted by Crippen LogP contribution is -2.25. The average Bonchev–Trinajstić information content (AvgIpc) is 2.91. The largest absolute Gasteiger partial charge is 0.323 e. The molecule has 0 aliphatic carbocycles. The summed E-state index contributed by atoms with van der Waals surface area (Å²) >= 11 is 0. The molecule has 1 unspecified atom stereocenters. The van der Waals surface area contributed by atoms with Crippen molar-refractivity contribution in [3.05, 3.63) is 42.7 Å². The summed E-state index contributed by atoms with van der Waals surface area (Å²) in [6, 6.07) is 7.09. The second-order valence-corrected chi connectivity index (χ2v) is 5.72. The number of amides is 1. The highest BCUT2D eigenvalue weighted by Gasteiger charge is 2.19. The Morgan fingerprint density at radius 2 is 2.05 bits per heavy atom. The Bertz CT molecular complexity index is 710. The van der Waals surface area contributed by atoms with E-state index in [-0.39, 0.29) is 16.5 Å². The van der Waals surface area contributed by atoms with Gasteiger partial charge in [-0.25, -0.2) is 13.6 Å². The van der Waals surface area contributed by atoms with Crippen molar-refractivity contribution in [3.8, 4) is 0 Å². The van der Waals surface area contributed by atoms with E-state index in [1.165, 1.54) is 22.9 Å².